The second kappa shape index (κ2) is 6.72. The van der Waals surface area contributed by atoms with E-state index >= 15 is 0 Å². The molecule has 1 fully saturated rings. The van der Waals surface area contributed by atoms with Gasteiger partial charge in [-0.25, -0.2) is 0 Å². The van der Waals surface area contributed by atoms with Crippen molar-refractivity contribution in [2.45, 2.75) is 60.0 Å². The van der Waals surface area contributed by atoms with Gasteiger partial charge in [0.1, 0.15) is 0 Å². The molecule has 1 saturated heterocycles. The van der Waals surface area contributed by atoms with Gasteiger partial charge in [-0.2, -0.15) is 0 Å². The lowest BCUT2D eigenvalue weighted by molar-refractivity contribution is 0.0591. The van der Waals surface area contributed by atoms with Crippen LogP contribution in [0.25, 0.3) is 0 Å². The molecule has 2 rings (SSSR count). The molecule has 0 radical (unpaired) electrons. The van der Waals surface area contributed by atoms with Crippen LogP contribution in [-0.2, 0) is 13.0 Å². The molecule has 1 aromatic rings. The zero-order valence-corrected chi connectivity index (χ0v) is 15.4. The van der Waals surface area contributed by atoms with E-state index in [1.807, 2.05) is 0 Å². The molecule has 1 aliphatic rings. The first-order valence-corrected chi connectivity index (χ1v) is 8.69. The Morgan fingerprint density at radius 1 is 0.864 bits per heavy atom. The highest BCUT2D eigenvalue weighted by molar-refractivity contribution is 5.24. The van der Waals surface area contributed by atoms with Gasteiger partial charge in [0, 0.05) is 38.3 Å². The molecule has 1 aliphatic heterocycles. The SMILES string of the molecule is CC(C)(C)Cc1cccc(CN2CCN(C(C)(C)C)CC2)c1. The van der Waals surface area contributed by atoms with Gasteiger partial charge in [-0.3, -0.25) is 9.80 Å². The maximum absolute atomic E-state index is 2.60. The van der Waals surface area contributed by atoms with Crippen LogP contribution in [0, 0.1) is 5.41 Å². The normalized spacial score (nSPS) is 18.6. The van der Waals surface area contributed by atoms with Crippen LogP contribution in [0.15, 0.2) is 24.3 Å². The number of nitrogens with zero attached hydrogens (tertiary/aromatic N) is 2. The van der Waals surface area contributed by atoms with Crippen LogP contribution in [0.3, 0.4) is 0 Å². The second-order valence-corrected chi connectivity index (χ2v) is 8.99. The summed E-state index contributed by atoms with van der Waals surface area (Å²) >= 11 is 0. The van der Waals surface area contributed by atoms with Gasteiger partial charge in [0.15, 0.2) is 0 Å². The summed E-state index contributed by atoms with van der Waals surface area (Å²) in [5.74, 6) is 0. The van der Waals surface area contributed by atoms with Crippen molar-refractivity contribution in [2.75, 3.05) is 26.2 Å². The van der Waals surface area contributed by atoms with Crippen LogP contribution in [0.4, 0.5) is 0 Å². The smallest absolute Gasteiger partial charge is 0.0234 e. The average molecular weight is 303 g/mol. The van der Waals surface area contributed by atoms with Gasteiger partial charge in [0.2, 0.25) is 0 Å². The van der Waals surface area contributed by atoms with Gasteiger partial charge >= 0.3 is 0 Å². The molecular weight excluding hydrogens is 268 g/mol. The van der Waals surface area contributed by atoms with Gasteiger partial charge in [0.25, 0.3) is 0 Å². The molecule has 0 aliphatic carbocycles. The Morgan fingerprint density at radius 3 is 2.00 bits per heavy atom. The zero-order valence-electron chi connectivity index (χ0n) is 15.4. The minimum Gasteiger partial charge on any atom is -0.297 e. The Labute approximate surface area is 137 Å². The van der Waals surface area contributed by atoms with E-state index in [1.54, 1.807) is 0 Å². The van der Waals surface area contributed by atoms with Crippen molar-refractivity contribution in [2.24, 2.45) is 5.41 Å². The predicted molar refractivity (Wildman–Crippen MR) is 96.2 cm³/mol. The monoisotopic (exact) mass is 302 g/mol. The second-order valence-electron chi connectivity index (χ2n) is 8.99. The lowest BCUT2D eigenvalue weighted by atomic mass is 9.88. The Bertz CT molecular complexity index is 471. The first kappa shape index (κ1) is 17.5. The summed E-state index contributed by atoms with van der Waals surface area (Å²) in [6, 6.07) is 9.18. The third-order valence-electron chi connectivity index (χ3n) is 4.45. The van der Waals surface area contributed by atoms with Crippen LogP contribution in [0.2, 0.25) is 0 Å². The highest BCUT2D eigenvalue weighted by Gasteiger charge is 2.25. The molecule has 0 bridgehead atoms. The summed E-state index contributed by atoms with van der Waals surface area (Å²) in [5.41, 5.74) is 3.60. The lowest BCUT2D eigenvalue weighted by Crippen LogP contribution is -2.53. The Morgan fingerprint density at radius 2 is 1.45 bits per heavy atom. The molecule has 0 N–H and O–H groups in total. The van der Waals surface area contributed by atoms with Crippen LogP contribution >= 0.6 is 0 Å². The van der Waals surface area contributed by atoms with Gasteiger partial charge in [-0.1, -0.05) is 45.0 Å². The number of hydrogen-bond donors (Lipinski definition) is 0. The van der Waals surface area contributed by atoms with Crippen molar-refractivity contribution in [1.82, 2.24) is 9.80 Å². The Balaban J connectivity index is 1.91. The van der Waals surface area contributed by atoms with Crippen LogP contribution < -0.4 is 0 Å². The fourth-order valence-corrected chi connectivity index (χ4v) is 3.29. The molecule has 0 atom stereocenters. The average Bonchev–Trinajstić information content (AvgIpc) is 2.36. The van der Waals surface area contributed by atoms with E-state index in [9.17, 15) is 0 Å². The number of rotatable bonds is 3. The van der Waals surface area contributed by atoms with Crippen LogP contribution in [0.1, 0.15) is 52.7 Å². The van der Waals surface area contributed by atoms with E-state index < -0.39 is 0 Å². The molecule has 0 aromatic heterocycles. The van der Waals surface area contributed by atoms with Gasteiger partial charge in [-0.05, 0) is 43.7 Å². The number of hydrogen-bond acceptors (Lipinski definition) is 2. The van der Waals surface area contributed by atoms with E-state index in [-0.39, 0.29) is 0 Å². The topological polar surface area (TPSA) is 6.48 Å². The summed E-state index contributed by atoms with van der Waals surface area (Å²) < 4.78 is 0. The first-order valence-electron chi connectivity index (χ1n) is 8.69. The third-order valence-corrected chi connectivity index (χ3v) is 4.45. The predicted octanol–water partition coefficient (Wildman–Crippen LogP) is 4.19. The van der Waals surface area contributed by atoms with Crippen molar-refractivity contribution in [1.29, 1.82) is 0 Å². The highest BCUT2D eigenvalue weighted by Crippen LogP contribution is 2.22. The van der Waals surface area contributed by atoms with Crippen molar-refractivity contribution in [3.05, 3.63) is 35.4 Å². The van der Waals surface area contributed by atoms with Gasteiger partial charge in [0.05, 0.1) is 0 Å². The third kappa shape index (κ3) is 5.40. The largest absolute Gasteiger partial charge is 0.297 e. The van der Waals surface area contributed by atoms with Gasteiger partial charge < -0.3 is 0 Å². The molecule has 0 amide bonds. The molecule has 124 valence electrons. The van der Waals surface area contributed by atoms with Crippen LogP contribution in [-0.4, -0.2) is 41.5 Å². The van der Waals surface area contributed by atoms with Gasteiger partial charge in [-0.15, -0.1) is 0 Å². The standard InChI is InChI=1S/C20H34N2/c1-19(2,3)15-17-8-7-9-18(14-17)16-21-10-12-22(13-11-21)20(4,5)6/h7-9,14H,10-13,15-16H2,1-6H3. The summed E-state index contributed by atoms with van der Waals surface area (Å²) in [7, 11) is 0. The number of benzene rings is 1. The molecule has 1 aromatic carbocycles. The molecular formula is C20H34N2. The summed E-state index contributed by atoms with van der Waals surface area (Å²) in [4.78, 5) is 5.19. The Hall–Kier alpha value is -0.860. The minimum atomic E-state index is 0.304. The molecule has 0 saturated carbocycles. The minimum absolute atomic E-state index is 0.304. The van der Waals surface area contributed by atoms with Crippen molar-refractivity contribution in [3.8, 4) is 0 Å². The van der Waals surface area contributed by atoms with Crippen molar-refractivity contribution in [3.63, 3.8) is 0 Å². The lowest BCUT2D eigenvalue weighted by Gasteiger charge is -2.42. The van der Waals surface area contributed by atoms with Crippen LogP contribution in [0.5, 0.6) is 0 Å². The highest BCUT2D eigenvalue weighted by atomic mass is 15.3. The molecule has 2 nitrogen and oxygen atoms in total. The zero-order chi connectivity index (χ0) is 16.4. The number of piperazine rings is 1. The van der Waals surface area contributed by atoms with E-state index in [2.05, 4.69) is 75.6 Å². The summed E-state index contributed by atoms with van der Waals surface area (Å²) in [6.45, 7) is 19.7. The molecule has 2 heteroatoms. The quantitative estimate of drug-likeness (QED) is 0.826. The Kier molecular flexibility index (Phi) is 5.34. The molecule has 22 heavy (non-hydrogen) atoms. The molecule has 0 unspecified atom stereocenters. The van der Waals surface area contributed by atoms with E-state index in [4.69, 9.17) is 0 Å². The maximum atomic E-state index is 2.60. The van der Waals surface area contributed by atoms with E-state index in [1.165, 1.54) is 37.3 Å². The maximum Gasteiger partial charge on any atom is 0.0234 e. The van der Waals surface area contributed by atoms with E-state index in [0.29, 0.717) is 11.0 Å². The summed E-state index contributed by atoms with van der Waals surface area (Å²) in [6.07, 6.45) is 1.15. The molecule has 0 spiro atoms. The first-order chi connectivity index (χ1) is 10.1. The van der Waals surface area contributed by atoms with Crippen molar-refractivity contribution >= 4 is 0 Å². The molecule has 1 heterocycles. The fraction of sp³-hybridized carbons (Fsp3) is 0.700. The van der Waals surface area contributed by atoms with Crippen molar-refractivity contribution < 1.29 is 0 Å². The fourth-order valence-electron chi connectivity index (χ4n) is 3.29. The summed E-state index contributed by atoms with van der Waals surface area (Å²) in [5, 5.41) is 0. The van der Waals surface area contributed by atoms with E-state index in [0.717, 1.165) is 13.0 Å².